The Morgan fingerprint density at radius 3 is 1.83 bits per heavy atom. The van der Waals surface area contributed by atoms with Crippen LogP contribution in [0.25, 0.3) is 0 Å². The van der Waals surface area contributed by atoms with Crippen LogP contribution in [0.3, 0.4) is 0 Å². The van der Waals surface area contributed by atoms with Gasteiger partial charge in [-0.3, -0.25) is 0 Å². The molecule has 0 aliphatic heterocycles. The van der Waals surface area contributed by atoms with Crippen LogP contribution in [0.2, 0.25) is 0 Å². The number of quaternary nitrogens is 1. The van der Waals surface area contributed by atoms with Gasteiger partial charge in [0.15, 0.2) is 0 Å². The molecule has 0 aromatic carbocycles. The summed E-state index contributed by atoms with van der Waals surface area (Å²) in [6.07, 6.45) is 3.98. The molecule has 0 rings (SSSR count). The smallest absolute Gasteiger partial charge is 0.0909 e. The lowest BCUT2D eigenvalue weighted by atomic mass is 9.93. The van der Waals surface area contributed by atoms with E-state index in [0.29, 0.717) is 0 Å². The predicted molar refractivity (Wildman–Crippen MR) is 56.2 cm³/mol. The zero-order valence-corrected chi connectivity index (χ0v) is 9.72. The maximum Gasteiger partial charge on any atom is 0.0909 e. The summed E-state index contributed by atoms with van der Waals surface area (Å²) >= 11 is 0. The van der Waals surface area contributed by atoms with E-state index in [9.17, 15) is 0 Å². The van der Waals surface area contributed by atoms with Crippen molar-refractivity contribution < 1.29 is 4.48 Å². The van der Waals surface area contributed by atoms with E-state index >= 15 is 0 Å². The van der Waals surface area contributed by atoms with Crippen molar-refractivity contribution in [1.82, 2.24) is 0 Å². The highest BCUT2D eigenvalue weighted by atomic mass is 15.3. The van der Waals surface area contributed by atoms with Crippen LogP contribution in [0.4, 0.5) is 0 Å². The molecule has 0 aromatic rings. The van der Waals surface area contributed by atoms with Crippen molar-refractivity contribution in [3.8, 4) is 0 Å². The topological polar surface area (TPSA) is 0 Å². The summed E-state index contributed by atoms with van der Waals surface area (Å²) in [5.74, 6) is 0.852. The van der Waals surface area contributed by atoms with Gasteiger partial charge in [-0.05, 0) is 12.8 Å². The van der Waals surface area contributed by atoms with Crippen molar-refractivity contribution in [2.75, 3.05) is 21.1 Å². The Morgan fingerprint density at radius 2 is 1.58 bits per heavy atom. The number of hydrogen-bond acceptors (Lipinski definition) is 0. The van der Waals surface area contributed by atoms with Gasteiger partial charge < -0.3 is 4.48 Å². The third-order valence-corrected chi connectivity index (χ3v) is 2.88. The van der Waals surface area contributed by atoms with Crippen LogP contribution in [0.5, 0.6) is 0 Å². The summed E-state index contributed by atoms with van der Waals surface area (Å²) < 4.78 is 1.11. The Morgan fingerprint density at radius 1 is 1.08 bits per heavy atom. The summed E-state index contributed by atoms with van der Waals surface area (Å²) in [5.41, 5.74) is 0. The second kappa shape index (κ2) is 4.86. The van der Waals surface area contributed by atoms with Crippen LogP contribution >= 0.6 is 0 Å². The molecule has 0 saturated heterocycles. The summed E-state index contributed by atoms with van der Waals surface area (Å²) in [6, 6.07) is 0.833. The second-order valence-electron chi connectivity index (χ2n) is 4.86. The minimum Gasteiger partial charge on any atom is -0.328 e. The van der Waals surface area contributed by atoms with Crippen molar-refractivity contribution in [1.29, 1.82) is 0 Å². The molecule has 0 aliphatic carbocycles. The molecule has 0 aromatic heterocycles. The molecule has 0 aliphatic rings. The van der Waals surface area contributed by atoms with Crippen molar-refractivity contribution in [3.05, 3.63) is 0 Å². The number of nitrogens with zero attached hydrogens (tertiary/aromatic N) is 1. The van der Waals surface area contributed by atoms with Gasteiger partial charge in [0, 0.05) is 5.92 Å². The Labute approximate surface area is 78.4 Å². The summed E-state index contributed by atoms with van der Waals surface area (Å²) in [4.78, 5) is 0. The average molecular weight is 172 g/mol. The van der Waals surface area contributed by atoms with Gasteiger partial charge in [-0.15, -0.1) is 0 Å². The van der Waals surface area contributed by atoms with Crippen molar-refractivity contribution in [2.24, 2.45) is 5.92 Å². The first-order chi connectivity index (χ1) is 5.43. The molecule has 0 saturated carbocycles. The fourth-order valence-corrected chi connectivity index (χ4v) is 2.00. The molecule has 1 heteroatoms. The monoisotopic (exact) mass is 172 g/mol. The van der Waals surface area contributed by atoms with Gasteiger partial charge in [0.2, 0.25) is 0 Å². The summed E-state index contributed by atoms with van der Waals surface area (Å²) in [5, 5.41) is 0. The molecule has 2 unspecified atom stereocenters. The highest BCUT2D eigenvalue weighted by Gasteiger charge is 2.27. The predicted octanol–water partition coefficient (Wildman–Crippen LogP) is 2.91. The van der Waals surface area contributed by atoms with Gasteiger partial charge in [-0.1, -0.05) is 27.2 Å². The van der Waals surface area contributed by atoms with Crippen molar-refractivity contribution in [3.63, 3.8) is 0 Å². The Balaban J connectivity index is 4.22. The van der Waals surface area contributed by atoms with E-state index in [1.165, 1.54) is 19.3 Å². The van der Waals surface area contributed by atoms with E-state index < -0.39 is 0 Å². The first-order valence-electron chi connectivity index (χ1n) is 5.24. The first-order valence-corrected chi connectivity index (χ1v) is 5.24. The third-order valence-electron chi connectivity index (χ3n) is 2.88. The lowest BCUT2D eigenvalue weighted by Crippen LogP contribution is -2.48. The largest absolute Gasteiger partial charge is 0.328 e. The van der Waals surface area contributed by atoms with Gasteiger partial charge >= 0.3 is 0 Å². The molecular weight excluding hydrogens is 146 g/mol. The Bertz CT molecular complexity index is 113. The molecule has 0 bridgehead atoms. The minimum atomic E-state index is 0.833. The highest BCUT2D eigenvalue weighted by Crippen LogP contribution is 2.21. The lowest BCUT2D eigenvalue weighted by Gasteiger charge is -2.37. The van der Waals surface area contributed by atoms with Gasteiger partial charge in [0.25, 0.3) is 0 Å². The van der Waals surface area contributed by atoms with Crippen LogP contribution in [0.15, 0.2) is 0 Å². The van der Waals surface area contributed by atoms with Crippen LogP contribution in [-0.4, -0.2) is 31.7 Å². The van der Waals surface area contributed by atoms with E-state index in [1.54, 1.807) is 0 Å². The van der Waals surface area contributed by atoms with Gasteiger partial charge in [0.1, 0.15) is 0 Å². The molecule has 0 fully saturated rings. The zero-order chi connectivity index (χ0) is 9.78. The molecule has 0 N–H and O–H groups in total. The molecule has 2 atom stereocenters. The lowest BCUT2D eigenvalue weighted by molar-refractivity contribution is -0.900. The first kappa shape index (κ1) is 12.0. The zero-order valence-electron chi connectivity index (χ0n) is 9.72. The summed E-state index contributed by atoms with van der Waals surface area (Å²) in [7, 11) is 6.94. The summed E-state index contributed by atoms with van der Waals surface area (Å²) in [6.45, 7) is 6.96. The number of rotatable bonds is 5. The van der Waals surface area contributed by atoms with E-state index in [2.05, 4.69) is 41.9 Å². The maximum atomic E-state index is 2.38. The molecule has 74 valence electrons. The van der Waals surface area contributed by atoms with Crippen LogP contribution in [0.1, 0.15) is 40.0 Å². The highest BCUT2D eigenvalue weighted by molar-refractivity contribution is 4.64. The van der Waals surface area contributed by atoms with Crippen LogP contribution < -0.4 is 0 Å². The second-order valence-corrected chi connectivity index (χ2v) is 4.86. The van der Waals surface area contributed by atoms with Crippen LogP contribution in [-0.2, 0) is 0 Å². The van der Waals surface area contributed by atoms with Gasteiger partial charge in [-0.25, -0.2) is 0 Å². The SMILES string of the molecule is CCCC(C(C)CC)[N+](C)(C)C. The van der Waals surface area contributed by atoms with Crippen molar-refractivity contribution >= 4 is 0 Å². The molecule has 12 heavy (non-hydrogen) atoms. The Hall–Kier alpha value is -0.0400. The van der Waals surface area contributed by atoms with Gasteiger partial charge in [-0.2, -0.15) is 0 Å². The maximum absolute atomic E-state index is 2.38. The molecule has 0 amide bonds. The molecule has 0 spiro atoms. The van der Waals surface area contributed by atoms with Crippen molar-refractivity contribution in [2.45, 2.75) is 46.1 Å². The van der Waals surface area contributed by atoms with E-state index in [-0.39, 0.29) is 0 Å². The molecule has 1 nitrogen and oxygen atoms in total. The standard InChI is InChI=1S/C11H26N/c1-7-9-11(10(3)8-2)12(4,5)6/h10-11H,7-9H2,1-6H3/q+1. The fraction of sp³-hybridized carbons (Fsp3) is 1.00. The Kier molecular flexibility index (Phi) is 4.84. The quantitative estimate of drug-likeness (QED) is 0.559. The molecule has 0 heterocycles. The van der Waals surface area contributed by atoms with E-state index in [4.69, 9.17) is 0 Å². The fourth-order valence-electron chi connectivity index (χ4n) is 2.00. The van der Waals surface area contributed by atoms with E-state index in [0.717, 1.165) is 16.4 Å². The number of hydrogen-bond donors (Lipinski definition) is 0. The van der Waals surface area contributed by atoms with E-state index in [1.807, 2.05) is 0 Å². The third kappa shape index (κ3) is 3.57. The molecule has 0 radical (unpaired) electrons. The molecular formula is C11H26N+. The van der Waals surface area contributed by atoms with Gasteiger partial charge in [0.05, 0.1) is 27.2 Å². The van der Waals surface area contributed by atoms with Crippen LogP contribution in [0, 0.1) is 5.92 Å². The minimum absolute atomic E-state index is 0.833. The normalized spacial score (nSPS) is 17.5. The average Bonchev–Trinajstić information content (AvgIpc) is 1.96.